The van der Waals surface area contributed by atoms with Gasteiger partial charge in [0.2, 0.25) is 0 Å². The number of ether oxygens (including phenoxy) is 3. The standard InChI is InChI=1S/C22H21NO5S/c1-3-27-22(25)20-18(15-7-5-4-6-8-15)14-29-21(20)23-19(24)13-28-17-11-9-16(26-2)10-12-17/h4-12,14H,3,13H2,1-2H3,(H,23,24). The van der Waals surface area contributed by atoms with Crippen LogP contribution in [0.15, 0.2) is 60.0 Å². The van der Waals surface area contributed by atoms with Crippen LogP contribution in [0.1, 0.15) is 17.3 Å². The van der Waals surface area contributed by atoms with Gasteiger partial charge in [-0.15, -0.1) is 11.3 Å². The van der Waals surface area contributed by atoms with Crippen LogP contribution < -0.4 is 14.8 Å². The van der Waals surface area contributed by atoms with Crippen molar-refractivity contribution < 1.29 is 23.8 Å². The molecule has 0 saturated carbocycles. The third-order valence-corrected chi connectivity index (χ3v) is 4.93. The Morgan fingerprint density at radius 2 is 1.69 bits per heavy atom. The van der Waals surface area contributed by atoms with E-state index in [0.29, 0.717) is 22.1 Å². The molecule has 0 radical (unpaired) electrons. The number of hydrogen-bond donors (Lipinski definition) is 1. The van der Waals surface area contributed by atoms with Crippen LogP contribution in [-0.2, 0) is 9.53 Å². The second kappa shape index (κ2) is 9.75. The lowest BCUT2D eigenvalue weighted by molar-refractivity contribution is -0.118. The maximum atomic E-state index is 12.5. The van der Waals surface area contributed by atoms with E-state index in [9.17, 15) is 9.59 Å². The number of rotatable bonds is 8. The molecule has 0 atom stereocenters. The second-order valence-electron chi connectivity index (χ2n) is 5.95. The first-order chi connectivity index (χ1) is 14.1. The molecule has 7 heteroatoms. The van der Waals surface area contributed by atoms with Crippen molar-refractivity contribution in [2.45, 2.75) is 6.92 Å². The highest BCUT2D eigenvalue weighted by Crippen LogP contribution is 2.36. The zero-order chi connectivity index (χ0) is 20.6. The van der Waals surface area contributed by atoms with Gasteiger partial charge in [-0.2, -0.15) is 0 Å². The van der Waals surface area contributed by atoms with Crippen molar-refractivity contribution in [2.24, 2.45) is 0 Å². The van der Waals surface area contributed by atoms with E-state index < -0.39 is 5.97 Å². The molecule has 0 unspecified atom stereocenters. The van der Waals surface area contributed by atoms with Crippen molar-refractivity contribution >= 4 is 28.2 Å². The molecule has 0 aliphatic carbocycles. The molecule has 3 rings (SSSR count). The van der Waals surface area contributed by atoms with Gasteiger partial charge >= 0.3 is 5.97 Å². The Kier molecular flexibility index (Phi) is 6.86. The highest BCUT2D eigenvalue weighted by Gasteiger charge is 2.22. The van der Waals surface area contributed by atoms with Crippen LogP contribution in [0.2, 0.25) is 0 Å². The fourth-order valence-corrected chi connectivity index (χ4v) is 3.64. The zero-order valence-corrected chi connectivity index (χ0v) is 17.0. The fraction of sp³-hybridized carbons (Fsp3) is 0.182. The molecule has 1 amide bonds. The molecule has 0 saturated heterocycles. The topological polar surface area (TPSA) is 73.9 Å². The summed E-state index contributed by atoms with van der Waals surface area (Å²) in [5.41, 5.74) is 1.95. The number of amides is 1. The molecule has 29 heavy (non-hydrogen) atoms. The van der Waals surface area contributed by atoms with Gasteiger partial charge in [0.1, 0.15) is 22.1 Å². The molecule has 6 nitrogen and oxygen atoms in total. The van der Waals surface area contributed by atoms with E-state index in [2.05, 4.69) is 5.32 Å². The Labute approximate surface area is 173 Å². The summed E-state index contributed by atoms with van der Waals surface area (Å²) in [7, 11) is 1.58. The number of benzene rings is 2. The molecular weight excluding hydrogens is 390 g/mol. The zero-order valence-electron chi connectivity index (χ0n) is 16.1. The van der Waals surface area contributed by atoms with E-state index in [1.807, 2.05) is 35.7 Å². The van der Waals surface area contributed by atoms with Gasteiger partial charge in [-0.3, -0.25) is 4.79 Å². The van der Waals surface area contributed by atoms with Gasteiger partial charge in [0.05, 0.1) is 13.7 Å². The number of nitrogens with one attached hydrogen (secondary N) is 1. The summed E-state index contributed by atoms with van der Waals surface area (Å²) >= 11 is 1.28. The largest absolute Gasteiger partial charge is 0.497 e. The summed E-state index contributed by atoms with van der Waals surface area (Å²) in [6.45, 7) is 1.80. The Morgan fingerprint density at radius 1 is 1.00 bits per heavy atom. The van der Waals surface area contributed by atoms with Gasteiger partial charge in [-0.25, -0.2) is 4.79 Å². The van der Waals surface area contributed by atoms with E-state index in [1.54, 1.807) is 38.3 Å². The minimum atomic E-state index is -0.473. The van der Waals surface area contributed by atoms with E-state index in [4.69, 9.17) is 14.2 Å². The molecule has 1 aromatic heterocycles. The van der Waals surface area contributed by atoms with Crippen LogP contribution in [-0.4, -0.2) is 32.2 Å². The second-order valence-corrected chi connectivity index (χ2v) is 6.83. The average molecular weight is 411 g/mol. The quantitative estimate of drug-likeness (QED) is 0.548. The molecule has 0 aliphatic rings. The highest BCUT2D eigenvalue weighted by atomic mass is 32.1. The lowest BCUT2D eigenvalue weighted by Gasteiger charge is -2.10. The van der Waals surface area contributed by atoms with Crippen LogP contribution in [0.4, 0.5) is 5.00 Å². The summed E-state index contributed by atoms with van der Waals surface area (Å²) < 4.78 is 15.8. The molecule has 0 aliphatic heterocycles. The lowest BCUT2D eigenvalue weighted by atomic mass is 10.0. The Morgan fingerprint density at radius 3 is 2.34 bits per heavy atom. The van der Waals surface area contributed by atoms with Crippen molar-refractivity contribution in [2.75, 3.05) is 25.6 Å². The maximum Gasteiger partial charge on any atom is 0.341 e. The molecular formula is C22H21NO5S. The summed E-state index contributed by atoms with van der Waals surface area (Å²) in [5, 5.41) is 5.03. The van der Waals surface area contributed by atoms with E-state index in [1.165, 1.54) is 11.3 Å². The van der Waals surface area contributed by atoms with Crippen LogP contribution in [0.5, 0.6) is 11.5 Å². The van der Waals surface area contributed by atoms with Crippen LogP contribution in [0, 0.1) is 0 Å². The third-order valence-electron chi connectivity index (χ3n) is 4.04. The predicted molar refractivity (Wildman–Crippen MR) is 113 cm³/mol. The first-order valence-electron chi connectivity index (χ1n) is 9.03. The number of carbonyl (C=O) groups is 2. The summed E-state index contributed by atoms with van der Waals surface area (Å²) in [6, 6.07) is 16.4. The Balaban J connectivity index is 1.74. The molecule has 0 spiro atoms. The van der Waals surface area contributed by atoms with Gasteiger partial charge in [0, 0.05) is 10.9 Å². The predicted octanol–water partition coefficient (Wildman–Crippen LogP) is 4.62. The molecule has 1 heterocycles. The fourth-order valence-electron chi connectivity index (χ4n) is 2.67. The summed E-state index contributed by atoms with van der Waals surface area (Å²) in [5.74, 6) is 0.405. The number of methoxy groups -OCH3 is 1. The van der Waals surface area contributed by atoms with Crippen molar-refractivity contribution in [1.29, 1.82) is 0 Å². The molecule has 1 N–H and O–H groups in total. The molecule has 2 aromatic carbocycles. The van der Waals surface area contributed by atoms with Gasteiger partial charge in [0.25, 0.3) is 5.91 Å². The van der Waals surface area contributed by atoms with Crippen molar-refractivity contribution in [3.63, 3.8) is 0 Å². The molecule has 0 fully saturated rings. The normalized spacial score (nSPS) is 10.3. The first-order valence-corrected chi connectivity index (χ1v) is 9.91. The SMILES string of the molecule is CCOC(=O)c1c(-c2ccccc2)csc1NC(=O)COc1ccc(OC)cc1. The van der Waals surface area contributed by atoms with Gasteiger partial charge < -0.3 is 19.5 Å². The Hall–Kier alpha value is -3.32. The summed E-state index contributed by atoms with van der Waals surface area (Å²) in [4.78, 5) is 24.9. The number of esters is 1. The molecule has 0 bridgehead atoms. The monoisotopic (exact) mass is 411 g/mol. The van der Waals surface area contributed by atoms with Crippen LogP contribution in [0.3, 0.4) is 0 Å². The van der Waals surface area contributed by atoms with Crippen molar-refractivity contribution in [3.05, 3.63) is 65.5 Å². The average Bonchev–Trinajstić information content (AvgIpc) is 3.17. The van der Waals surface area contributed by atoms with Gasteiger partial charge in [-0.1, -0.05) is 30.3 Å². The minimum Gasteiger partial charge on any atom is -0.497 e. The number of hydrogen-bond acceptors (Lipinski definition) is 6. The molecule has 3 aromatic rings. The Bertz CT molecular complexity index is 967. The number of anilines is 1. The van der Waals surface area contributed by atoms with E-state index in [-0.39, 0.29) is 19.1 Å². The van der Waals surface area contributed by atoms with Crippen molar-refractivity contribution in [3.8, 4) is 22.6 Å². The van der Waals surface area contributed by atoms with Crippen molar-refractivity contribution in [1.82, 2.24) is 0 Å². The van der Waals surface area contributed by atoms with E-state index >= 15 is 0 Å². The van der Waals surface area contributed by atoms with Crippen LogP contribution in [0.25, 0.3) is 11.1 Å². The smallest absolute Gasteiger partial charge is 0.341 e. The van der Waals surface area contributed by atoms with E-state index in [0.717, 1.165) is 11.1 Å². The maximum absolute atomic E-state index is 12.5. The highest BCUT2D eigenvalue weighted by molar-refractivity contribution is 7.15. The van der Waals surface area contributed by atoms with Crippen LogP contribution >= 0.6 is 11.3 Å². The summed E-state index contributed by atoms with van der Waals surface area (Å²) in [6.07, 6.45) is 0. The first kappa shape index (κ1) is 20.4. The minimum absolute atomic E-state index is 0.187. The number of thiophene rings is 1. The van der Waals surface area contributed by atoms with Gasteiger partial charge in [-0.05, 0) is 36.8 Å². The molecule has 150 valence electrons. The number of carbonyl (C=O) groups excluding carboxylic acids is 2. The lowest BCUT2D eigenvalue weighted by Crippen LogP contribution is -2.21. The third kappa shape index (κ3) is 5.14. The van der Waals surface area contributed by atoms with Gasteiger partial charge in [0.15, 0.2) is 6.61 Å².